The van der Waals surface area contributed by atoms with Crippen molar-refractivity contribution in [3.63, 3.8) is 0 Å². The van der Waals surface area contributed by atoms with Crippen molar-refractivity contribution >= 4 is 5.96 Å². The number of nitrogens with one attached hydrogen (secondary N) is 2. The first-order valence-electron chi connectivity index (χ1n) is 7.30. The lowest BCUT2D eigenvalue weighted by atomic mass is 10.2. The van der Waals surface area contributed by atoms with E-state index in [1.54, 1.807) is 13.2 Å². The largest absolute Gasteiger partial charge is 0.491 e. The summed E-state index contributed by atoms with van der Waals surface area (Å²) in [6.07, 6.45) is 1.78. The van der Waals surface area contributed by atoms with Crippen LogP contribution in [-0.4, -0.2) is 35.9 Å². The molecule has 1 aromatic carbocycles. The van der Waals surface area contributed by atoms with Gasteiger partial charge in [0.15, 0.2) is 5.96 Å². The standard InChI is InChI=1S/C16H23N5O/c1-13-6-4-5-7-15(13)22-11-10-18-16(17-2)19-12-14-8-9-20-21(14)3/h4-9H,10-12H2,1-3H3,(H2,17,18,19). The SMILES string of the molecule is CN=C(NCCOc1ccccc1C)NCc1ccnn1C. The van der Waals surface area contributed by atoms with E-state index in [1.165, 1.54) is 0 Å². The summed E-state index contributed by atoms with van der Waals surface area (Å²) in [6.45, 7) is 3.97. The molecule has 0 saturated heterocycles. The van der Waals surface area contributed by atoms with E-state index >= 15 is 0 Å². The number of nitrogens with zero attached hydrogens (tertiary/aromatic N) is 3. The minimum atomic E-state index is 0.581. The molecule has 22 heavy (non-hydrogen) atoms. The lowest BCUT2D eigenvalue weighted by Gasteiger charge is -2.13. The second kappa shape index (κ2) is 8.07. The summed E-state index contributed by atoms with van der Waals surface area (Å²) in [5.74, 6) is 1.66. The number of hydrogen-bond donors (Lipinski definition) is 2. The van der Waals surface area contributed by atoms with E-state index in [1.807, 2.05) is 49.0 Å². The van der Waals surface area contributed by atoms with Crippen LogP contribution < -0.4 is 15.4 Å². The molecule has 0 spiro atoms. The number of ether oxygens (including phenoxy) is 1. The van der Waals surface area contributed by atoms with Gasteiger partial charge >= 0.3 is 0 Å². The lowest BCUT2D eigenvalue weighted by molar-refractivity contribution is 0.320. The molecule has 0 atom stereocenters. The predicted octanol–water partition coefficient (Wildman–Crippen LogP) is 1.47. The van der Waals surface area contributed by atoms with Crippen molar-refractivity contribution in [2.45, 2.75) is 13.5 Å². The monoisotopic (exact) mass is 301 g/mol. The van der Waals surface area contributed by atoms with Crippen LogP contribution in [0.1, 0.15) is 11.3 Å². The fraction of sp³-hybridized carbons (Fsp3) is 0.375. The fourth-order valence-electron chi connectivity index (χ4n) is 2.02. The van der Waals surface area contributed by atoms with Crippen LogP contribution in [0.15, 0.2) is 41.5 Å². The molecular formula is C16H23N5O. The summed E-state index contributed by atoms with van der Waals surface area (Å²) in [7, 11) is 3.67. The molecule has 0 aliphatic carbocycles. The van der Waals surface area contributed by atoms with Gasteiger partial charge in [-0.15, -0.1) is 0 Å². The van der Waals surface area contributed by atoms with E-state index in [9.17, 15) is 0 Å². The highest BCUT2D eigenvalue weighted by atomic mass is 16.5. The first-order chi connectivity index (χ1) is 10.7. The van der Waals surface area contributed by atoms with Crippen LogP contribution in [0.3, 0.4) is 0 Å². The van der Waals surface area contributed by atoms with Crippen molar-refractivity contribution in [1.29, 1.82) is 0 Å². The Hall–Kier alpha value is -2.50. The van der Waals surface area contributed by atoms with Gasteiger partial charge in [0, 0.05) is 20.3 Å². The van der Waals surface area contributed by atoms with Gasteiger partial charge in [0.1, 0.15) is 12.4 Å². The smallest absolute Gasteiger partial charge is 0.191 e. The summed E-state index contributed by atoms with van der Waals surface area (Å²) in [5.41, 5.74) is 2.24. The second-order valence-electron chi connectivity index (χ2n) is 4.91. The lowest BCUT2D eigenvalue weighted by Crippen LogP contribution is -2.39. The van der Waals surface area contributed by atoms with E-state index in [0.717, 1.165) is 23.0 Å². The Labute approximate surface area is 131 Å². The number of aromatic nitrogens is 2. The maximum absolute atomic E-state index is 5.74. The van der Waals surface area contributed by atoms with Crippen molar-refractivity contribution in [2.24, 2.45) is 12.0 Å². The number of rotatable bonds is 6. The molecular weight excluding hydrogens is 278 g/mol. The highest BCUT2D eigenvalue weighted by molar-refractivity contribution is 5.79. The van der Waals surface area contributed by atoms with E-state index in [-0.39, 0.29) is 0 Å². The molecule has 1 aromatic heterocycles. The molecule has 0 unspecified atom stereocenters. The van der Waals surface area contributed by atoms with Gasteiger partial charge in [-0.1, -0.05) is 18.2 Å². The van der Waals surface area contributed by atoms with Gasteiger partial charge in [-0.05, 0) is 24.6 Å². The van der Waals surface area contributed by atoms with Gasteiger partial charge in [-0.25, -0.2) is 0 Å². The van der Waals surface area contributed by atoms with Crippen LogP contribution in [-0.2, 0) is 13.6 Å². The van der Waals surface area contributed by atoms with Crippen LogP contribution >= 0.6 is 0 Å². The summed E-state index contributed by atoms with van der Waals surface area (Å²) in [6, 6.07) is 9.97. The minimum absolute atomic E-state index is 0.581. The zero-order chi connectivity index (χ0) is 15.8. The van der Waals surface area contributed by atoms with Gasteiger partial charge in [0.25, 0.3) is 0 Å². The first kappa shape index (κ1) is 15.9. The summed E-state index contributed by atoms with van der Waals surface area (Å²) in [5, 5.41) is 10.6. The van der Waals surface area contributed by atoms with Gasteiger partial charge in [0.2, 0.25) is 0 Å². The second-order valence-corrected chi connectivity index (χ2v) is 4.91. The zero-order valence-electron chi connectivity index (χ0n) is 13.3. The minimum Gasteiger partial charge on any atom is -0.491 e. The molecule has 6 heteroatoms. The van der Waals surface area contributed by atoms with Crippen molar-refractivity contribution < 1.29 is 4.74 Å². The molecule has 0 saturated carbocycles. The number of benzene rings is 1. The summed E-state index contributed by atoms with van der Waals surface area (Å²) >= 11 is 0. The van der Waals surface area contributed by atoms with E-state index in [2.05, 4.69) is 20.7 Å². The van der Waals surface area contributed by atoms with Gasteiger partial charge in [0.05, 0.1) is 18.8 Å². The molecule has 2 N–H and O–H groups in total. The van der Waals surface area contributed by atoms with E-state index in [4.69, 9.17) is 4.74 Å². The van der Waals surface area contributed by atoms with Crippen LogP contribution in [0.4, 0.5) is 0 Å². The molecule has 0 aliphatic heterocycles. The normalized spacial score (nSPS) is 11.3. The fourth-order valence-corrected chi connectivity index (χ4v) is 2.02. The average Bonchev–Trinajstić information content (AvgIpc) is 2.93. The quantitative estimate of drug-likeness (QED) is 0.482. The average molecular weight is 301 g/mol. The molecule has 0 aliphatic rings. The molecule has 2 rings (SSSR count). The number of aliphatic imine (C=N–C) groups is 1. The Bertz CT molecular complexity index is 621. The topological polar surface area (TPSA) is 63.5 Å². The van der Waals surface area contributed by atoms with E-state index < -0.39 is 0 Å². The number of aryl methyl sites for hydroxylation is 2. The molecule has 0 radical (unpaired) electrons. The van der Waals surface area contributed by atoms with Crippen LogP contribution in [0, 0.1) is 6.92 Å². The summed E-state index contributed by atoms with van der Waals surface area (Å²) in [4.78, 5) is 4.19. The molecule has 2 aromatic rings. The molecule has 0 amide bonds. The third kappa shape index (κ3) is 4.51. The molecule has 1 heterocycles. The Kier molecular flexibility index (Phi) is 5.82. The highest BCUT2D eigenvalue weighted by Gasteiger charge is 2.02. The Morgan fingerprint density at radius 2 is 2.09 bits per heavy atom. The first-order valence-corrected chi connectivity index (χ1v) is 7.30. The molecule has 118 valence electrons. The van der Waals surface area contributed by atoms with Gasteiger partial charge in [-0.2, -0.15) is 5.10 Å². The third-order valence-electron chi connectivity index (χ3n) is 3.33. The van der Waals surface area contributed by atoms with Crippen LogP contribution in [0.5, 0.6) is 5.75 Å². The van der Waals surface area contributed by atoms with Crippen molar-refractivity contribution in [1.82, 2.24) is 20.4 Å². The van der Waals surface area contributed by atoms with Crippen molar-refractivity contribution in [3.8, 4) is 5.75 Å². The Balaban J connectivity index is 1.71. The Morgan fingerprint density at radius 3 is 2.77 bits per heavy atom. The Morgan fingerprint density at radius 1 is 1.27 bits per heavy atom. The van der Waals surface area contributed by atoms with Gasteiger partial charge in [-0.3, -0.25) is 9.67 Å². The molecule has 0 fully saturated rings. The maximum Gasteiger partial charge on any atom is 0.191 e. The van der Waals surface area contributed by atoms with E-state index in [0.29, 0.717) is 19.7 Å². The van der Waals surface area contributed by atoms with Crippen LogP contribution in [0.25, 0.3) is 0 Å². The van der Waals surface area contributed by atoms with Gasteiger partial charge < -0.3 is 15.4 Å². The highest BCUT2D eigenvalue weighted by Crippen LogP contribution is 2.15. The maximum atomic E-state index is 5.74. The third-order valence-corrected chi connectivity index (χ3v) is 3.33. The molecule has 6 nitrogen and oxygen atoms in total. The number of para-hydroxylation sites is 1. The number of hydrogen-bond acceptors (Lipinski definition) is 3. The molecule has 0 bridgehead atoms. The van der Waals surface area contributed by atoms with Crippen molar-refractivity contribution in [3.05, 3.63) is 47.8 Å². The van der Waals surface area contributed by atoms with Crippen LogP contribution in [0.2, 0.25) is 0 Å². The van der Waals surface area contributed by atoms with Crippen molar-refractivity contribution in [2.75, 3.05) is 20.2 Å². The predicted molar refractivity (Wildman–Crippen MR) is 88.1 cm³/mol. The summed E-state index contributed by atoms with van der Waals surface area (Å²) < 4.78 is 7.58. The number of guanidine groups is 1. The zero-order valence-corrected chi connectivity index (χ0v) is 13.3.